The van der Waals surface area contributed by atoms with Crippen LogP contribution in [-0.2, 0) is 4.74 Å². The van der Waals surface area contributed by atoms with Crippen LogP contribution >= 0.6 is 0 Å². The molecule has 0 bridgehead atoms. The second-order valence-electron chi connectivity index (χ2n) is 4.68. The number of nitrogens with one attached hydrogen (secondary N) is 1. The van der Waals surface area contributed by atoms with Gasteiger partial charge in [-0.2, -0.15) is 0 Å². The maximum absolute atomic E-state index is 12.2. The van der Waals surface area contributed by atoms with Crippen molar-refractivity contribution < 1.29 is 14.3 Å². The number of aromatic amines is 1. The van der Waals surface area contributed by atoms with Crippen LogP contribution in [0.5, 0.6) is 5.75 Å². The third-order valence-corrected chi connectivity index (χ3v) is 3.36. The van der Waals surface area contributed by atoms with E-state index in [4.69, 9.17) is 9.47 Å². The number of rotatable bonds is 3. The minimum Gasteiger partial charge on any atom is -0.495 e. The number of aromatic nitrogens is 3. The van der Waals surface area contributed by atoms with Gasteiger partial charge in [-0.1, -0.05) is 6.07 Å². The molecule has 0 spiro atoms. The van der Waals surface area contributed by atoms with Crippen molar-refractivity contribution >= 4 is 17.0 Å². The average molecular weight is 311 g/mol. The minimum atomic E-state index is -0.607. The first-order valence-corrected chi connectivity index (χ1v) is 6.75. The maximum Gasteiger partial charge on any atom is 0.343 e. The topological polar surface area (TPSA) is 94.2 Å². The zero-order valence-electron chi connectivity index (χ0n) is 12.5. The fourth-order valence-corrected chi connectivity index (χ4v) is 2.39. The standard InChI is InChI=1S/C16H13N3O4/c1-22-15-9(10-5-3-4-6-17-10)7-11-14(13(15)16(21)23-2)18-8-12(20)19-11/h3-8H,1-2H3,(H,19,20). The van der Waals surface area contributed by atoms with E-state index in [9.17, 15) is 9.59 Å². The molecule has 0 aliphatic heterocycles. The smallest absolute Gasteiger partial charge is 0.343 e. The first-order chi connectivity index (χ1) is 11.2. The van der Waals surface area contributed by atoms with Gasteiger partial charge in [-0.3, -0.25) is 9.78 Å². The lowest BCUT2D eigenvalue weighted by atomic mass is 10.0. The van der Waals surface area contributed by atoms with E-state index in [0.717, 1.165) is 6.20 Å². The summed E-state index contributed by atoms with van der Waals surface area (Å²) >= 11 is 0. The van der Waals surface area contributed by atoms with Crippen molar-refractivity contribution in [2.45, 2.75) is 0 Å². The molecule has 0 aliphatic carbocycles. The van der Waals surface area contributed by atoms with Crippen LogP contribution in [0.15, 0.2) is 41.5 Å². The number of fused-ring (bicyclic) bond motifs is 1. The Labute approximate surface area is 130 Å². The summed E-state index contributed by atoms with van der Waals surface area (Å²) in [5.41, 5.74) is 1.63. The summed E-state index contributed by atoms with van der Waals surface area (Å²) in [6, 6.07) is 7.05. The van der Waals surface area contributed by atoms with E-state index in [1.807, 2.05) is 6.07 Å². The summed E-state index contributed by atoms with van der Waals surface area (Å²) in [4.78, 5) is 34.8. The molecule has 23 heavy (non-hydrogen) atoms. The number of benzene rings is 1. The second kappa shape index (κ2) is 5.88. The van der Waals surface area contributed by atoms with E-state index in [1.54, 1.807) is 24.4 Å². The molecule has 116 valence electrons. The Hall–Kier alpha value is -3.22. The number of esters is 1. The van der Waals surface area contributed by atoms with Gasteiger partial charge in [0, 0.05) is 11.8 Å². The molecule has 2 aromatic heterocycles. The highest BCUT2D eigenvalue weighted by Crippen LogP contribution is 2.36. The number of hydrogen-bond acceptors (Lipinski definition) is 6. The Morgan fingerprint density at radius 3 is 2.70 bits per heavy atom. The van der Waals surface area contributed by atoms with Gasteiger partial charge in [0.05, 0.1) is 31.6 Å². The predicted octanol–water partition coefficient (Wildman–Crippen LogP) is 1.78. The van der Waals surface area contributed by atoms with Crippen LogP contribution < -0.4 is 10.3 Å². The van der Waals surface area contributed by atoms with E-state index in [2.05, 4.69) is 15.0 Å². The van der Waals surface area contributed by atoms with E-state index in [1.165, 1.54) is 14.2 Å². The lowest BCUT2D eigenvalue weighted by Gasteiger charge is -2.14. The lowest BCUT2D eigenvalue weighted by Crippen LogP contribution is -2.11. The van der Waals surface area contributed by atoms with Gasteiger partial charge in [0.25, 0.3) is 5.56 Å². The van der Waals surface area contributed by atoms with Gasteiger partial charge in [0.15, 0.2) is 0 Å². The summed E-state index contributed by atoms with van der Waals surface area (Å²) < 4.78 is 10.3. The lowest BCUT2D eigenvalue weighted by molar-refractivity contribution is 0.0599. The molecule has 3 aromatic rings. The third-order valence-electron chi connectivity index (χ3n) is 3.36. The van der Waals surface area contributed by atoms with Crippen LogP contribution in [0.25, 0.3) is 22.3 Å². The Kier molecular flexibility index (Phi) is 3.76. The molecule has 0 unspecified atom stereocenters. The minimum absolute atomic E-state index is 0.143. The molecule has 7 nitrogen and oxygen atoms in total. The number of pyridine rings is 1. The number of ether oxygens (including phenoxy) is 2. The van der Waals surface area contributed by atoms with Crippen molar-refractivity contribution in [1.82, 2.24) is 15.0 Å². The summed E-state index contributed by atoms with van der Waals surface area (Å²) in [5, 5.41) is 0. The quantitative estimate of drug-likeness (QED) is 0.741. The molecule has 0 saturated carbocycles. The highest BCUT2D eigenvalue weighted by atomic mass is 16.5. The van der Waals surface area contributed by atoms with Crippen molar-refractivity contribution in [2.24, 2.45) is 0 Å². The van der Waals surface area contributed by atoms with Crippen LogP contribution in [0.3, 0.4) is 0 Å². The highest BCUT2D eigenvalue weighted by molar-refractivity contribution is 6.07. The van der Waals surface area contributed by atoms with E-state index in [-0.39, 0.29) is 11.1 Å². The fourth-order valence-electron chi connectivity index (χ4n) is 2.39. The van der Waals surface area contributed by atoms with Crippen molar-refractivity contribution in [1.29, 1.82) is 0 Å². The number of nitrogens with zero attached hydrogens (tertiary/aromatic N) is 2. The summed E-state index contributed by atoms with van der Waals surface area (Å²) in [5.74, 6) is -0.313. The zero-order chi connectivity index (χ0) is 16.4. The molecule has 0 atom stereocenters. The van der Waals surface area contributed by atoms with Crippen molar-refractivity contribution in [3.05, 3.63) is 52.6 Å². The van der Waals surface area contributed by atoms with E-state index >= 15 is 0 Å². The SMILES string of the molecule is COC(=O)c1c(OC)c(-c2ccccn2)cc2[nH]c(=O)cnc12. The van der Waals surface area contributed by atoms with Crippen molar-refractivity contribution in [3.63, 3.8) is 0 Å². The molecule has 1 N–H and O–H groups in total. The molecule has 0 saturated heterocycles. The van der Waals surface area contributed by atoms with Crippen molar-refractivity contribution in [2.75, 3.05) is 14.2 Å². The van der Waals surface area contributed by atoms with Gasteiger partial charge in [0.2, 0.25) is 0 Å². The van der Waals surface area contributed by atoms with Crippen LogP contribution in [0.2, 0.25) is 0 Å². The molecule has 0 radical (unpaired) electrons. The molecule has 1 aromatic carbocycles. The van der Waals surface area contributed by atoms with E-state index < -0.39 is 5.97 Å². The molecular formula is C16H13N3O4. The monoisotopic (exact) mass is 311 g/mol. The number of carbonyl (C=O) groups is 1. The number of H-pyrrole nitrogens is 1. The Balaban J connectivity index is 2.45. The Morgan fingerprint density at radius 1 is 1.22 bits per heavy atom. The summed E-state index contributed by atoms with van der Waals surface area (Å²) in [6.45, 7) is 0. The maximum atomic E-state index is 12.2. The first kappa shape index (κ1) is 14.7. The Bertz CT molecular complexity index is 935. The number of carbonyl (C=O) groups excluding carboxylic acids is 1. The summed E-state index contributed by atoms with van der Waals surface area (Å²) in [7, 11) is 2.72. The Morgan fingerprint density at radius 2 is 2.04 bits per heavy atom. The van der Waals surface area contributed by atoms with Gasteiger partial charge in [0.1, 0.15) is 16.8 Å². The van der Waals surface area contributed by atoms with Gasteiger partial charge in [-0.05, 0) is 18.2 Å². The molecule has 3 rings (SSSR count). The average Bonchev–Trinajstić information content (AvgIpc) is 2.59. The van der Waals surface area contributed by atoms with Crippen LogP contribution in [0.1, 0.15) is 10.4 Å². The van der Waals surface area contributed by atoms with Crippen LogP contribution in [0, 0.1) is 0 Å². The van der Waals surface area contributed by atoms with Crippen LogP contribution in [0.4, 0.5) is 0 Å². The highest BCUT2D eigenvalue weighted by Gasteiger charge is 2.23. The fraction of sp³-hybridized carbons (Fsp3) is 0.125. The van der Waals surface area contributed by atoms with Gasteiger partial charge < -0.3 is 14.5 Å². The first-order valence-electron chi connectivity index (χ1n) is 6.75. The molecular weight excluding hydrogens is 298 g/mol. The van der Waals surface area contributed by atoms with Gasteiger partial charge in [-0.15, -0.1) is 0 Å². The van der Waals surface area contributed by atoms with E-state index in [0.29, 0.717) is 28.0 Å². The molecule has 2 heterocycles. The summed E-state index contributed by atoms with van der Waals surface area (Å²) in [6.07, 6.45) is 2.73. The van der Waals surface area contributed by atoms with Crippen LogP contribution in [-0.4, -0.2) is 35.1 Å². The molecule has 0 fully saturated rings. The van der Waals surface area contributed by atoms with Gasteiger partial charge in [-0.25, -0.2) is 9.78 Å². The molecule has 0 amide bonds. The predicted molar refractivity (Wildman–Crippen MR) is 83.5 cm³/mol. The zero-order valence-corrected chi connectivity index (χ0v) is 12.5. The largest absolute Gasteiger partial charge is 0.495 e. The second-order valence-corrected chi connectivity index (χ2v) is 4.68. The normalized spacial score (nSPS) is 10.5. The number of methoxy groups -OCH3 is 2. The number of hydrogen-bond donors (Lipinski definition) is 1. The van der Waals surface area contributed by atoms with Crippen molar-refractivity contribution in [3.8, 4) is 17.0 Å². The molecule has 0 aliphatic rings. The third kappa shape index (κ3) is 2.52. The molecule has 7 heteroatoms. The van der Waals surface area contributed by atoms with Gasteiger partial charge >= 0.3 is 5.97 Å².